The topological polar surface area (TPSA) is 62.7 Å². The van der Waals surface area contributed by atoms with E-state index in [0.717, 1.165) is 18.8 Å². The Morgan fingerprint density at radius 3 is 2.81 bits per heavy atom. The van der Waals surface area contributed by atoms with Gasteiger partial charge in [0.1, 0.15) is 0 Å². The fraction of sp³-hybridized carbons (Fsp3) is 0.333. The molecule has 6 heteroatoms. The van der Waals surface area contributed by atoms with Crippen molar-refractivity contribution >= 4 is 28.5 Å². The second-order valence-corrected chi connectivity index (χ2v) is 5.45. The van der Waals surface area contributed by atoms with Gasteiger partial charge in [0, 0.05) is 30.0 Å². The molecule has 0 radical (unpaired) electrons. The number of morpholine rings is 1. The number of carbonyl (C=O) groups is 1. The molecule has 1 aromatic carbocycles. The quantitative estimate of drug-likeness (QED) is 0.943. The standard InChI is InChI=1S/C15H15ClN2O3/c16-10-1-2-14-12(7-10)13(15(19)20)8-11(17-14)9-18-3-5-21-6-4-18/h1-2,7-8H,3-6,9H2,(H,19,20). The molecule has 1 saturated heterocycles. The number of nitrogens with zero attached hydrogens (tertiary/aromatic N) is 2. The second kappa shape index (κ2) is 5.97. The van der Waals surface area contributed by atoms with Crippen LogP contribution in [0.4, 0.5) is 0 Å². The summed E-state index contributed by atoms with van der Waals surface area (Å²) < 4.78 is 5.31. The van der Waals surface area contributed by atoms with Gasteiger partial charge in [-0.15, -0.1) is 0 Å². The molecular formula is C15H15ClN2O3. The number of hydrogen-bond donors (Lipinski definition) is 1. The number of carboxylic acid groups (broad SMARTS) is 1. The number of ether oxygens (including phenoxy) is 1. The van der Waals surface area contributed by atoms with Gasteiger partial charge in [0.15, 0.2) is 0 Å². The number of hydrogen-bond acceptors (Lipinski definition) is 4. The van der Waals surface area contributed by atoms with E-state index < -0.39 is 5.97 Å². The Hall–Kier alpha value is -1.69. The molecule has 0 unspecified atom stereocenters. The van der Waals surface area contributed by atoms with E-state index in [4.69, 9.17) is 16.3 Å². The van der Waals surface area contributed by atoms with E-state index in [-0.39, 0.29) is 5.56 Å². The van der Waals surface area contributed by atoms with Gasteiger partial charge < -0.3 is 9.84 Å². The molecule has 1 aliphatic rings. The van der Waals surface area contributed by atoms with Crippen molar-refractivity contribution in [2.45, 2.75) is 6.54 Å². The lowest BCUT2D eigenvalue weighted by atomic mass is 10.1. The zero-order valence-corrected chi connectivity index (χ0v) is 12.1. The van der Waals surface area contributed by atoms with Gasteiger partial charge >= 0.3 is 5.97 Å². The molecule has 5 nitrogen and oxygen atoms in total. The first-order valence-corrected chi connectivity index (χ1v) is 7.14. The van der Waals surface area contributed by atoms with Crippen molar-refractivity contribution < 1.29 is 14.6 Å². The smallest absolute Gasteiger partial charge is 0.336 e. The summed E-state index contributed by atoms with van der Waals surface area (Å²) >= 11 is 5.95. The van der Waals surface area contributed by atoms with Gasteiger partial charge in [-0.05, 0) is 24.3 Å². The van der Waals surface area contributed by atoms with Crippen LogP contribution in [0, 0.1) is 0 Å². The monoisotopic (exact) mass is 306 g/mol. The largest absolute Gasteiger partial charge is 0.478 e. The summed E-state index contributed by atoms with van der Waals surface area (Å²) in [6.45, 7) is 3.71. The van der Waals surface area contributed by atoms with Gasteiger partial charge in [-0.25, -0.2) is 4.79 Å². The summed E-state index contributed by atoms with van der Waals surface area (Å²) in [6.07, 6.45) is 0. The molecule has 0 aliphatic carbocycles. The van der Waals surface area contributed by atoms with Gasteiger partial charge in [0.2, 0.25) is 0 Å². The zero-order valence-electron chi connectivity index (χ0n) is 11.4. The number of carboxylic acids is 1. The number of rotatable bonds is 3. The first kappa shape index (κ1) is 14.3. The SMILES string of the molecule is O=C(O)c1cc(CN2CCOCC2)nc2ccc(Cl)cc12. The minimum absolute atomic E-state index is 0.241. The van der Waals surface area contributed by atoms with Crippen LogP contribution < -0.4 is 0 Å². The van der Waals surface area contributed by atoms with E-state index in [1.165, 1.54) is 0 Å². The summed E-state index contributed by atoms with van der Waals surface area (Å²) in [5.41, 5.74) is 1.65. The number of halogens is 1. The van der Waals surface area contributed by atoms with Crippen LogP contribution in [0.5, 0.6) is 0 Å². The highest BCUT2D eigenvalue weighted by atomic mass is 35.5. The predicted octanol–water partition coefficient (Wildman–Crippen LogP) is 2.42. The van der Waals surface area contributed by atoms with Crippen molar-refractivity contribution in [1.82, 2.24) is 9.88 Å². The van der Waals surface area contributed by atoms with Crippen LogP contribution in [-0.2, 0) is 11.3 Å². The van der Waals surface area contributed by atoms with Crippen molar-refractivity contribution in [3.63, 3.8) is 0 Å². The molecule has 110 valence electrons. The molecule has 2 heterocycles. The number of aromatic carboxylic acids is 1. The van der Waals surface area contributed by atoms with Crippen LogP contribution in [0.3, 0.4) is 0 Å². The van der Waals surface area contributed by atoms with Gasteiger partial charge in [-0.3, -0.25) is 9.88 Å². The van der Waals surface area contributed by atoms with Crippen molar-refractivity contribution in [1.29, 1.82) is 0 Å². The summed E-state index contributed by atoms with van der Waals surface area (Å²) in [4.78, 5) is 18.2. The van der Waals surface area contributed by atoms with E-state index in [1.807, 2.05) is 0 Å². The molecule has 0 spiro atoms. The molecular weight excluding hydrogens is 292 g/mol. The lowest BCUT2D eigenvalue weighted by Gasteiger charge is -2.26. The van der Waals surface area contributed by atoms with Crippen molar-refractivity contribution in [3.05, 3.63) is 40.5 Å². The van der Waals surface area contributed by atoms with E-state index in [2.05, 4.69) is 9.88 Å². The lowest BCUT2D eigenvalue weighted by Crippen LogP contribution is -2.35. The van der Waals surface area contributed by atoms with Crippen molar-refractivity contribution in [3.8, 4) is 0 Å². The van der Waals surface area contributed by atoms with Gasteiger partial charge in [0.25, 0.3) is 0 Å². The Bertz CT molecular complexity index is 684. The average molecular weight is 307 g/mol. The van der Waals surface area contributed by atoms with Crippen molar-refractivity contribution in [2.75, 3.05) is 26.3 Å². The number of benzene rings is 1. The number of fused-ring (bicyclic) bond motifs is 1. The maximum absolute atomic E-state index is 11.5. The maximum Gasteiger partial charge on any atom is 0.336 e. The predicted molar refractivity (Wildman–Crippen MR) is 79.8 cm³/mol. The van der Waals surface area contributed by atoms with Gasteiger partial charge in [-0.2, -0.15) is 0 Å². The Morgan fingerprint density at radius 1 is 1.33 bits per heavy atom. The minimum atomic E-state index is -0.965. The molecule has 3 rings (SSSR count). The summed E-state index contributed by atoms with van der Waals surface area (Å²) in [5, 5.41) is 10.5. The van der Waals surface area contributed by atoms with Gasteiger partial charge in [0.05, 0.1) is 30.0 Å². The van der Waals surface area contributed by atoms with Crippen LogP contribution in [0.2, 0.25) is 5.02 Å². The first-order valence-electron chi connectivity index (χ1n) is 6.76. The molecule has 1 aliphatic heterocycles. The summed E-state index contributed by atoms with van der Waals surface area (Å²) in [7, 11) is 0. The normalized spacial score (nSPS) is 16.2. The van der Waals surface area contributed by atoms with E-state index in [0.29, 0.717) is 35.7 Å². The third-order valence-electron chi connectivity index (χ3n) is 3.54. The lowest BCUT2D eigenvalue weighted by molar-refractivity contribution is 0.0336. The fourth-order valence-corrected chi connectivity index (χ4v) is 2.67. The van der Waals surface area contributed by atoms with Crippen LogP contribution in [0.15, 0.2) is 24.3 Å². The molecule has 21 heavy (non-hydrogen) atoms. The second-order valence-electron chi connectivity index (χ2n) is 5.02. The van der Waals surface area contributed by atoms with Crippen LogP contribution in [0.1, 0.15) is 16.1 Å². The van der Waals surface area contributed by atoms with Crippen LogP contribution in [0.25, 0.3) is 10.9 Å². The average Bonchev–Trinajstić information content (AvgIpc) is 2.48. The third-order valence-corrected chi connectivity index (χ3v) is 3.78. The van der Waals surface area contributed by atoms with E-state index in [1.54, 1.807) is 24.3 Å². The Kier molecular flexibility index (Phi) is 4.05. The highest BCUT2D eigenvalue weighted by Crippen LogP contribution is 2.23. The Morgan fingerprint density at radius 2 is 2.10 bits per heavy atom. The first-order chi connectivity index (χ1) is 10.1. The van der Waals surface area contributed by atoms with E-state index in [9.17, 15) is 9.90 Å². The molecule has 0 amide bonds. The molecule has 1 fully saturated rings. The summed E-state index contributed by atoms with van der Waals surface area (Å²) in [6, 6.07) is 6.76. The number of aromatic nitrogens is 1. The molecule has 2 aromatic rings. The Balaban J connectivity index is 1.99. The van der Waals surface area contributed by atoms with E-state index >= 15 is 0 Å². The highest BCUT2D eigenvalue weighted by molar-refractivity contribution is 6.31. The molecule has 1 N–H and O–H groups in total. The van der Waals surface area contributed by atoms with Crippen LogP contribution in [-0.4, -0.2) is 47.3 Å². The summed E-state index contributed by atoms with van der Waals surface area (Å²) in [5.74, 6) is -0.965. The third kappa shape index (κ3) is 3.15. The zero-order chi connectivity index (χ0) is 14.8. The molecule has 1 aromatic heterocycles. The molecule has 0 atom stereocenters. The van der Waals surface area contributed by atoms with Crippen LogP contribution >= 0.6 is 11.6 Å². The molecule has 0 bridgehead atoms. The maximum atomic E-state index is 11.5. The van der Waals surface area contributed by atoms with Crippen molar-refractivity contribution in [2.24, 2.45) is 0 Å². The molecule has 0 saturated carbocycles. The highest BCUT2D eigenvalue weighted by Gasteiger charge is 2.16. The minimum Gasteiger partial charge on any atom is -0.478 e. The fourth-order valence-electron chi connectivity index (χ4n) is 2.50. The Labute approximate surface area is 127 Å². The van der Waals surface area contributed by atoms with Gasteiger partial charge in [-0.1, -0.05) is 11.6 Å². The number of pyridine rings is 1.